The second-order valence-electron chi connectivity index (χ2n) is 4.03. The first kappa shape index (κ1) is 12.4. The van der Waals surface area contributed by atoms with Gasteiger partial charge in [0.2, 0.25) is 11.2 Å². The third-order valence-electron chi connectivity index (χ3n) is 2.63. The van der Waals surface area contributed by atoms with Gasteiger partial charge >= 0.3 is 0 Å². The van der Waals surface area contributed by atoms with Gasteiger partial charge in [-0.25, -0.2) is 4.98 Å². The average Bonchev–Trinajstić information content (AvgIpc) is 2.95. The first-order valence-electron chi connectivity index (χ1n) is 5.78. The van der Waals surface area contributed by atoms with E-state index in [0.717, 1.165) is 16.6 Å². The van der Waals surface area contributed by atoms with Crippen LogP contribution in [-0.2, 0) is 13.5 Å². The molecule has 0 aliphatic heterocycles. The summed E-state index contributed by atoms with van der Waals surface area (Å²) >= 11 is 7.54. The minimum Gasteiger partial charge on any atom is -0.435 e. The Balaban J connectivity index is 2.08. The lowest BCUT2D eigenvalue weighted by Gasteiger charge is -2.02. The van der Waals surface area contributed by atoms with Crippen LogP contribution in [-0.4, -0.2) is 19.7 Å². The quantitative estimate of drug-likeness (QED) is 0.694. The molecule has 0 bridgehead atoms. The summed E-state index contributed by atoms with van der Waals surface area (Å²) in [5.41, 5.74) is 0. The Bertz CT molecular complexity index is 736. The van der Waals surface area contributed by atoms with Crippen molar-refractivity contribution in [2.24, 2.45) is 7.05 Å². The monoisotopic (exact) mass is 294 g/mol. The van der Waals surface area contributed by atoms with E-state index in [0.29, 0.717) is 11.6 Å². The van der Waals surface area contributed by atoms with Crippen molar-refractivity contribution in [2.45, 2.75) is 13.3 Å². The molecule has 3 aromatic heterocycles. The SMILES string of the molecule is CCc1cc2c(Oc3cnn(C)c3)nc(Cl)nc2s1. The molecule has 19 heavy (non-hydrogen) atoms. The predicted octanol–water partition coefficient (Wildman–Crippen LogP) is 3.43. The second-order valence-corrected chi connectivity index (χ2v) is 5.49. The molecule has 0 spiro atoms. The third kappa shape index (κ3) is 2.41. The topological polar surface area (TPSA) is 52.8 Å². The smallest absolute Gasteiger partial charge is 0.232 e. The molecule has 0 radical (unpaired) electrons. The zero-order valence-corrected chi connectivity index (χ0v) is 12.0. The summed E-state index contributed by atoms with van der Waals surface area (Å²) in [5, 5.41) is 5.13. The molecule has 98 valence electrons. The molecule has 0 aromatic carbocycles. The lowest BCUT2D eigenvalue weighted by molar-refractivity contribution is 0.468. The van der Waals surface area contributed by atoms with Crippen LogP contribution in [0.5, 0.6) is 11.6 Å². The summed E-state index contributed by atoms with van der Waals surface area (Å²) in [7, 11) is 1.83. The highest BCUT2D eigenvalue weighted by molar-refractivity contribution is 7.18. The molecule has 0 aliphatic carbocycles. The van der Waals surface area contributed by atoms with E-state index in [9.17, 15) is 0 Å². The van der Waals surface area contributed by atoms with E-state index in [1.807, 2.05) is 13.1 Å². The second kappa shape index (κ2) is 4.79. The number of hydrogen-bond donors (Lipinski definition) is 0. The molecule has 3 rings (SSSR count). The molecule has 0 aliphatic rings. The van der Waals surface area contributed by atoms with E-state index in [1.54, 1.807) is 28.4 Å². The average molecular weight is 295 g/mol. The lowest BCUT2D eigenvalue weighted by Crippen LogP contribution is -1.90. The van der Waals surface area contributed by atoms with E-state index in [4.69, 9.17) is 16.3 Å². The molecule has 0 atom stereocenters. The van der Waals surface area contributed by atoms with E-state index in [-0.39, 0.29) is 5.28 Å². The molecule has 0 amide bonds. The van der Waals surface area contributed by atoms with Gasteiger partial charge < -0.3 is 4.74 Å². The van der Waals surface area contributed by atoms with Crippen LogP contribution < -0.4 is 4.74 Å². The van der Waals surface area contributed by atoms with Crippen LogP contribution in [0, 0.1) is 0 Å². The predicted molar refractivity (Wildman–Crippen MR) is 75.1 cm³/mol. The van der Waals surface area contributed by atoms with Crippen LogP contribution in [0.15, 0.2) is 18.5 Å². The highest BCUT2D eigenvalue weighted by Gasteiger charge is 2.13. The highest BCUT2D eigenvalue weighted by Crippen LogP contribution is 2.33. The van der Waals surface area contributed by atoms with Crippen molar-refractivity contribution in [1.29, 1.82) is 0 Å². The number of rotatable bonds is 3. The molecule has 0 fully saturated rings. The minimum atomic E-state index is 0.191. The Morgan fingerprint density at radius 3 is 2.95 bits per heavy atom. The van der Waals surface area contributed by atoms with E-state index in [2.05, 4.69) is 22.0 Å². The van der Waals surface area contributed by atoms with Gasteiger partial charge in [-0.2, -0.15) is 10.1 Å². The lowest BCUT2D eigenvalue weighted by atomic mass is 10.3. The van der Waals surface area contributed by atoms with Crippen molar-refractivity contribution >= 4 is 33.2 Å². The first-order chi connectivity index (χ1) is 9.15. The third-order valence-corrected chi connectivity index (χ3v) is 3.97. The molecule has 0 saturated heterocycles. The maximum atomic E-state index is 5.93. The van der Waals surface area contributed by atoms with Gasteiger partial charge in [-0.05, 0) is 24.1 Å². The molecule has 3 heterocycles. The largest absolute Gasteiger partial charge is 0.435 e. The van der Waals surface area contributed by atoms with Gasteiger partial charge in [0.25, 0.3) is 0 Å². The first-order valence-corrected chi connectivity index (χ1v) is 6.97. The number of ether oxygens (including phenoxy) is 1. The van der Waals surface area contributed by atoms with E-state index in [1.165, 1.54) is 4.88 Å². The molecular weight excluding hydrogens is 284 g/mol. The van der Waals surface area contributed by atoms with Gasteiger partial charge in [-0.15, -0.1) is 11.3 Å². The summed E-state index contributed by atoms with van der Waals surface area (Å²) in [6, 6.07) is 2.04. The van der Waals surface area contributed by atoms with Gasteiger partial charge in [0.1, 0.15) is 4.83 Å². The van der Waals surface area contributed by atoms with Crippen LogP contribution in [0.2, 0.25) is 5.28 Å². The fraction of sp³-hybridized carbons (Fsp3) is 0.250. The summed E-state index contributed by atoms with van der Waals surface area (Å²) in [6.45, 7) is 2.10. The minimum absolute atomic E-state index is 0.191. The fourth-order valence-corrected chi connectivity index (χ4v) is 2.90. The van der Waals surface area contributed by atoms with Crippen LogP contribution in [0.3, 0.4) is 0 Å². The molecule has 5 nitrogen and oxygen atoms in total. The number of aromatic nitrogens is 4. The maximum Gasteiger partial charge on any atom is 0.232 e. The van der Waals surface area contributed by atoms with E-state index < -0.39 is 0 Å². The van der Waals surface area contributed by atoms with Crippen LogP contribution in [0.25, 0.3) is 10.2 Å². The van der Waals surface area contributed by atoms with Crippen molar-refractivity contribution < 1.29 is 4.74 Å². The van der Waals surface area contributed by atoms with Crippen LogP contribution in [0.1, 0.15) is 11.8 Å². The Kier molecular flexibility index (Phi) is 3.12. The molecule has 0 unspecified atom stereocenters. The Labute approximate surface area is 118 Å². The Hall–Kier alpha value is -1.66. The van der Waals surface area contributed by atoms with Gasteiger partial charge in [0.15, 0.2) is 5.75 Å². The zero-order chi connectivity index (χ0) is 13.4. The normalized spacial score (nSPS) is 11.1. The number of nitrogens with zero attached hydrogens (tertiary/aromatic N) is 4. The standard InChI is InChI=1S/C12H11ClN4OS/c1-3-8-4-9-10(15-12(13)16-11(9)19-8)18-7-5-14-17(2)6-7/h4-6H,3H2,1-2H3. The summed E-state index contributed by atoms with van der Waals surface area (Å²) in [4.78, 5) is 10.4. The molecule has 3 aromatic rings. The van der Waals surface area contributed by atoms with Crippen LogP contribution >= 0.6 is 22.9 Å². The van der Waals surface area contributed by atoms with Gasteiger partial charge in [0.05, 0.1) is 17.8 Å². The summed E-state index contributed by atoms with van der Waals surface area (Å²) in [6.07, 6.45) is 4.36. The van der Waals surface area contributed by atoms with Crippen molar-refractivity contribution in [3.8, 4) is 11.6 Å². The zero-order valence-electron chi connectivity index (χ0n) is 10.4. The molecule has 7 heteroatoms. The number of thiophene rings is 1. The van der Waals surface area contributed by atoms with Crippen LogP contribution in [0.4, 0.5) is 0 Å². The number of fused-ring (bicyclic) bond motifs is 1. The Morgan fingerprint density at radius 2 is 2.26 bits per heavy atom. The number of halogens is 1. The van der Waals surface area contributed by atoms with Gasteiger partial charge in [-0.3, -0.25) is 4.68 Å². The number of aryl methyl sites for hydroxylation is 2. The van der Waals surface area contributed by atoms with Crippen molar-refractivity contribution in [2.75, 3.05) is 0 Å². The Morgan fingerprint density at radius 1 is 1.42 bits per heavy atom. The highest BCUT2D eigenvalue weighted by atomic mass is 35.5. The van der Waals surface area contributed by atoms with E-state index >= 15 is 0 Å². The molecular formula is C12H11ClN4OS. The fourth-order valence-electron chi connectivity index (χ4n) is 1.74. The maximum absolute atomic E-state index is 5.93. The molecule has 0 saturated carbocycles. The van der Waals surface area contributed by atoms with Crippen molar-refractivity contribution in [3.05, 3.63) is 28.6 Å². The number of hydrogen-bond acceptors (Lipinski definition) is 5. The molecule has 0 N–H and O–H groups in total. The van der Waals surface area contributed by atoms with Crippen molar-refractivity contribution in [3.63, 3.8) is 0 Å². The summed E-state index contributed by atoms with van der Waals surface area (Å²) < 4.78 is 7.41. The van der Waals surface area contributed by atoms with Crippen molar-refractivity contribution in [1.82, 2.24) is 19.7 Å². The van der Waals surface area contributed by atoms with Gasteiger partial charge in [-0.1, -0.05) is 6.92 Å². The van der Waals surface area contributed by atoms with Gasteiger partial charge in [0, 0.05) is 11.9 Å². The summed E-state index contributed by atoms with van der Waals surface area (Å²) in [5.74, 6) is 1.10.